The van der Waals surface area contributed by atoms with E-state index in [0.29, 0.717) is 0 Å². The molecule has 1 aromatic carbocycles. The summed E-state index contributed by atoms with van der Waals surface area (Å²) in [6, 6.07) is 6.87. The lowest BCUT2D eigenvalue weighted by Gasteiger charge is -2.28. The molecule has 1 heterocycles. The number of hydrogen-bond donors (Lipinski definition) is 3. The molecule has 4 heteroatoms. The first-order valence-corrected chi connectivity index (χ1v) is 5.49. The van der Waals surface area contributed by atoms with E-state index in [-0.39, 0.29) is 0 Å². The van der Waals surface area contributed by atoms with Gasteiger partial charge in [-0.25, -0.2) is 0 Å². The molecule has 1 aromatic heterocycles. The van der Waals surface area contributed by atoms with Crippen molar-refractivity contribution in [3.8, 4) is 0 Å². The van der Waals surface area contributed by atoms with E-state index in [1.807, 2.05) is 44.3 Å². The monoisotopic (exact) mass is 232 g/mol. The SMILES string of the molecule is CC(C)(c1c[nH]c2ccccc12)[C@H](N)C(=O)O. The number of carboxylic acids is 1. The Labute approximate surface area is 99.4 Å². The third-order valence-electron chi connectivity index (χ3n) is 3.33. The van der Waals surface area contributed by atoms with E-state index >= 15 is 0 Å². The Hall–Kier alpha value is -1.81. The number of carbonyl (C=O) groups is 1. The quantitative estimate of drug-likeness (QED) is 0.755. The predicted octanol–water partition coefficient (Wildman–Crippen LogP) is 1.86. The number of para-hydroxylation sites is 1. The van der Waals surface area contributed by atoms with Crippen LogP contribution in [0, 0.1) is 0 Å². The fourth-order valence-electron chi connectivity index (χ4n) is 2.08. The number of aliphatic carboxylic acids is 1. The first kappa shape index (κ1) is 11.7. The van der Waals surface area contributed by atoms with Crippen molar-refractivity contribution in [3.05, 3.63) is 36.0 Å². The van der Waals surface area contributed by atoms with Crippen LogP contribution in [-0.4, -0.2) is 22.1 Å². The molecule has 1 atom stereocenters. The number of hydrogen-bond acceptors (Lipinski definition) is 2. The molecule has 0 amide bonds. The van der Waals surface area contributed by atoms with Crippen LogP contribution in [-0.2, 0) is 10.2 Å². The first-order valence-electron chi connectivity index (χ1n) is 5.49. The second kappa shape index (κ2) is 3.89. The van der Waals surface area contributed by atoms with Gasteiger partial charge in [0.2, 0.25) is 0 Å². The van der Waals surface area contributed by atoms with Gasteiger partial charge in [-0.2, -0.15) is 0 Å². The molecule has 17 heavy (non-hydrogen) atoms. The van der Waals surface area contributed by atoms with Gasteiger partial charge in [-0.05, 0) is 11.6 Å². The van der Waals surface area contributed by atoms with Gasteiger partial charge in [-0.1, -0.05) is 32.0 Å². The van der Waals surface area contributed by atoms with Gasteiger partial charge < -0.3 is 15.8 Å². The molecular weight excluding hydrogens is 216 g/mol. The van der Waals surface area contributed by atoms with E-state index in [0.717, 1.165) is 16.5 Å². The fraction of sp³-hybridized carbons (Fsp3) is 0.308. The van der Waals surface area contributed by atoms with Gasteiger partial charge in [-0.15, -0.1) is 0 Å². The first-order chi connectivity index (χ1) is 7.94. The molecule has 0 saturated carbocycles. The van der Waals surface area contributed by atoms with Gasteiger partial charge in [0.1, 0.15) is 6.04 Å². The summed E-state index contributed by atoms with van der Waals surface area (Å²) in [5.41, 5.74) is 7.07. The van der Waals surface area contributed by atoms with Crippen molar-refractivity contribution in [1.82, 2.24) is 4.98 Å². The van der Waals surface area contributed by atoms with Crippen molar-refractivity contribution in [2.45, 2.75) is 25.3 Å². The van der Waals surface area contributed by atoms with E-state index in [9.17, 15) is 4.79 Å². The van der Waals surface area contributed by atoms with Crippen molar-refractivity contribution in [1.29, 1.82) is 0 Å². The van der Waals surface area contributed by atoms with E-state index in [1.54, 1.807) is 0 Å². The molecule has 4 nitrogen and oxygen atoms in total. The maximum absolute atomic E-state index is 11.0. The lowest BCUT2D eigenvalue weighted by atomic mass is 9.78. The predicted molar refractivity (Wildman–Crippen MR) is 66.9 cm³/mol. The minimum absolute atomic E-state index is 0.620. The molecule has 4 N–H and O–H groups in total. The van der Waals surface area contributed by atoms with Gasteiger partial charge in [0.15, 0.2) is 0 Å². The molecule has 0 aliphatic heterocycles. The van der Waals surface area contributed by atoms with E-state index in [2.05, 4.69) is 4.98 Å². The number of carboxylic acid groups (broad SMARTS) is 1. The number of fused-ring (bicyclic) bond motifs is 1. The van der Waals surface area contributed by atoms with Gasteiger partial charge in [0.05, 0.1) is 0 Å². The molecule has 0 aliphatic rings. The molecule has 2 aromatic rings. The Morgan fingerprint density at radius 3 is 2.71 bits per heavy atom. The van der Waals surface area contributed by atoms with Gasteiger partial charge in [-0.3, -0.25) is 4.79 Å². The highest BCUT2D eigenvalue weighted by atomic mass is 16.4. The van der Waals surface area contributed by atoms with Crippen molar-refractivity contribution in [3.63, 3.8) is 0 Å². The molecule has 0 radical (unpaired) electrons. The number of nitrogens with two attached hydrogens (primary N) is 1. The molecule has 0 saturated heterocycles. The van der Waals surface area contributed by atoms with Crippen LogP contribution in [0.1, 0.15) is 19.4 Å². The average molecular weight is 232 g/mol. The van der Waals surface area contributed by atoms with E-state index < -0.39 is 17.4 Å². The summed E-state index contributed by atoms with van der Waals surface area (Å²) in [5, 5.41) is 10.1. The maximum Gasteiger partial charge on any atom is 0.321 e. The van der Waals surface area contributed by atoms with Crippen LogP contribution in [0.2, 0.25) is 0 Å². The zero-order chi connectivity index (χ0) is 12.6. The highest BCUT2D eigenvalue weighted by Crippen LogP contribution is 2.32. The lowest BCUT2D eigenvalue weighted by Crippen LogP contribution is -2.46. The summed E-state index contributed by atoms with van der Waals surface area (Å²) >= 11 is 0. The van der Waals surface area contributed by atoms with E-state index in [1.165, 1.54) is 0 Å². The summed E-state index contributed by atoms with van der Waals surface area (Å²) in [7, 11) is 0. The molecule has 0 spiro atoms. The summed E-state index contributed by atoms with van der Waals surface area (Å²) in [6.45, 7) is 3.70. The van der Waals surface area contributed by atoms with Gasteiger partial charge in [0.25, 0.3) is 0 Å². The molecule has 0 fully saturated rings. The fourth-order valence-corrected chi connectivity index (χ4v) is 2.08. The minimum atomic E-state index is -0.986. The largest absolute Gasteiger partial charge is 0.480 e. The van der Waals surface area contributed by atoms with Crippen molar-refractivity contribution in [2.75, 3.05) is 0 Å². The highest BCUT2D eigenvalue weighted by Gasteiger charge is 2.35. The molecule has 0 bridgehead atoms. The zero-order valence-electron chi connectivity index (χ0n) is 9.90. The number of rotatable bonds is 3. The van der Waals surface area contributed by atoms with Crippen LogP contribution in [0.5, 0.6) is 0 Å². The van der Waals surface area contributed by atoms with Crippen LogP contribution in [0.4, 0.5) is 0 Å². The molecule has 2 rings (SSSR count). The molecule has 90 valence electrons. The topological polar surface area (TPSA) is 79.1 Å². The third kappa shape index (κ3) is 1.80. The normalized spacial score (nSPS) is 13.8. The smallest absolute Gasteiger partial charge is 0.321 e. The van der Waals surface area contributed by atoms with E-state index in [4.69, 9.17) is 10.8 Å². The Bertz CT molecular complexity index is 557. The zero-order valence-corrected chi connectivity index (χ0v) is 9.90. The Kier molecular flexibility index (Phi) is 2.67. The van der Waals surface area contributed by atoms with Crippen LogP contribution in [0.15, 0.2) is 30.5 Å². The van der Waals surface area contributed by atoms with Crippen molar-refractivity contribution < 1.29 is 9.90 Å². The van der Waals surface area contributed by atoms with Crippen LogP contribution in [0.25, 0.3) is 10.9 Å². The van der Waals surface area contributed by atoms with Gasteiger partial charge >= 0.3 is 5.97 Å². The third-order valence-corrected chi connectivity index (χ3v) is 3.33. The molecule has 0 unspecified atom stereocenters. The number of H-pyrrole nitrogens is 1. The highest BCUT2D eigenvalue weighted by molar-refractivity contribution is 5.86. The summed E-state index contributed by atoms with van der Waals surface area (Å²) < 4.78 is 0. The van der Waals surface area contributed by atoms with Crippen LogP contribution >= 0.6 is 0 Å². The Morgan fingerprint density at radius 1 is 1.41 bits per heavy atom. The average Bonchev–Trinajstić information content (AvgIpc) is 2.72. The summed E-state index contributed by atoms with van der Waals surface area (Å²) in [6.07, 6.45) is 1.84. The van der Waals surface area contributed by atoms with Crippen molar-refractivity contribution in [2.24, 2.45) is 5.73 Å². The lowest BCUT2D eigenvalue weighted by molar-refractivity contribution is -0.140. The standard InChI is InChI=1S/C13H16N2O2/c1-13(2,11(14)12(16)17)9-7-15-10-6-4-3-5-8(9)10/h3-7,11,15H,14H2,1-2H3,(H,16,17)/t11-/m1/s1. The maximum atomic E-state index is 11.0. The Balaban J connectivity index is 2.56. The molecule has 0 aliphatic carbocycles. The van der Waals surface area contributed by atoms with Crippen LogP contribution < -0.4 is 5.73 Å². The van der Waals surface area contributed by atoms with Crippen LogP contribution in [0.3, 0.4) is 0 Å². The second-order valence-corrected chi connectivity index (χ2v) is 4.79. The second-order valence-electron chi connectivity index (χ2n) is 4.79. The van der Waals surface area contributed by atoms with Crippen molar-refractivity contribution >= 4 is 16.9 Å². The number of aromatic amines is 1. The number of benzene rings is 1. The number of nitrogens with one attached hydrogen (secondary N) is 1. The Morgan fingerprint density at radius 2 is 2.06 bits per heavy atom. The minimum Gasteiger partial charge on any atom is -0.480 e. The number of aromatic nitrogens is 1. The summed E-state index contributed by atoms with van der Waals surface area (Å²) in [5.74, 6) is -0.986. The summed E-state index contributed by atoms with van der Waals surface area (Å²) in [4.78, 5) is 14.2. The molecular formula is C13H16N2O2. The van der Waals surface area contributed by atoms with Gasteiger partial charge in [0, 0.05) is 22.5 Å².